The zero-order valence-electron chi connectivity index (χ0n) is 8.55. The van der Waals surface area contributed by atoms with Crippen molar-refractivity contribution in [2.24, 2.45) is 0 Å². The van der Waals surface area contributed by atoms with Gasteiger partial charge in [0.2, 0.25) is 0 Å². The predicted octanol–water partition coefficient (Wildman–Crippen LogP) is 3.85. The second-order valence-corrected chi connectivity index (χ2v) is 5.66. The van der Waals surface area contributed by atoms with Crippen LogP contribution in [0.15, 0.2) is 22.7 Å². The fourth-order valence-corrected chi connectivity index (χ4v) is 3.30. The van der Waals surface area contributed by atoms with E-state index in [2.05, 4.69) is 22.0 Å². The van der Waals surface area contributed by atoms with Gasteiger partial charge >= 0.3 is 0 Å². The van der Waals surface area contributed by atoms with Crippen molar-refractivity contribution in [2.75, 3.05) is 0 Å². The largest absolute Gasteiger partial charge is 0.294 e. The van der Waals surface area contributed by atoms with Crippen molar-refractivity contribution in [3.63, 3.8) is 0 Å². The Kier molecular flexibility index (Phi) is 2.03. The van der Waals surface area contributed by atoms with Crippen molar-refractivity contribution < 1.29 is 4.79 Å². The molecule has 1 aromatic rings. The number of hydrogen-bond donors (Lipinski definition) is 0. The normalized spacial score (nSPS) is 22.3. The molecule has 2 aliphatic carbocycles. The van der Waals surface area contributed by atoms with E-state index < -0.39 is 0 Å². The summed E-state index contributed by atoms with van der Waals surface area (Å²) in [6, 6.07) is 6.13. The summed E-state index contributed by atoms with van der Waals surface area (Å²) in [6.07, 6.45) is 5.66. The first-order chi connectivity index (χ1) is 7.21. The van der Waals surface area contributed by atoms with Gasteiger partial charge in [-0.25, -0.2) is 0 Å². The molecule has 0 heterocycles. The van der Waals surface area contributed by atoms with E-state index in [1.165, 1.54) is 24.8 Å². The molecule has 0 N–H and O–H groups in total. The molecule has 15 heavy (non-hydrogen) atoms. The molecule has 0 bridgehead atoms. The Morgan fingerprint density at radius 1 is 1.20 bits per heavy atom. The van der Waals surface area contributed by atoms with Crippen LogP contribution in [0.1, 0.15) is 48.0 Å². The molecule has 0 amide bonds. The number of halogens is 1. The van der Waals surface area contributed by atoms with Crippen LogP contribution in [0.4, 0.5) is 0 Å². The fraction of sp³-hybridized carbons (Fsp3) is 0.462. The second-order valence-electron chi connectivity index (χ2n) is 4.75. The van der Waals surface area contributed by atoms with Crippen LogP contribution in [0.25, 0.3) is 0 Å². The highest BCUT2D eigenvalue weighted by atomic mass is 79.9. The van der Waals surface area contributed by atoms with Gasteiger partial charge in [0.25, 0.3) is 0 Å². The molecule has 0 saturated heterocycles. The van der Waals surface area contributed by atoms with Gasteiger partial charge in [-0.05, 0) is 48.4 Å². The summed E-state index contributed by atoms with van der Waals surface area (Å²) in [6.45, 7) is 0. The summed E-state index contributed by atoms with van der Waals surface area (Å²) in [7, 11) is 0. The van der Waals surface area contributed by atoms with Crippen LogP contribution in [0.3, 0.4) is 0 Å². The molecule has 1 fully saturated rings. The van der Waals surface area contributed by atoms with E-state index in [0.29, 0.717) is 11.2 Å². The Morgan fingerprint density at radius 3 is 2.67 bits per heavy atom. The van der Waals surface area contributed by atoms with Gasteiger partial charge in [-0.2, -0.15) is 0 Å². The highest BCUT2D eigenvalue weighted by Gasteiger charge is 2.43. The molecule has 0 aromatic heterocycles. The van der Waals surface area contributed by atoms with Crippen LogP contribution in [0.2, 0.25) is 0 Å². The van der Waals surface area contributed by atoms with E-state index in [0.717, 1.165) is 22.9 Å². The molecular weight excluding hydrogens is 252 g/mol. The summed E-state index contributed by atoms with van der Waals surface area (Å²) in [4.78, 5) is 11.8. The van der Waals surface area contributed by atoms with Crippen molar-refractivity contribution in [1.82, 2.24) is 0 Å². The molecular formula is C13H13BrO. The number of ketones is 1. The van der Waals surface area contributed by atoms with Crippen LogP contribution in [-0.2, 0) is 5.41 Å². The van der Waals surface area contributed by atoms with Crippen molar-refractivity contribution in [1.29, 1.82) is 0 Å². The van der Waals surface area contributed by atoms with Gasteiger partial charge in [-0.3, -0.25) is 4.79 Å². The van der Waals surface area contributed by atoms with Crippen LogP contribution in [0, 0.1) is 0 Å². The minimum atomic E-state index is 0.329. The molecule has 1 aromatic carbocycles. The van der Waals surface area contributed by atoms with Gasteiger partial charge < -0.3 is 0 Å². The van der Waals surface area contributed by atoms with Gasteiger partial charge in [0.05, 0.1) is 0 Å². The molecule has 1 spiro atoms. The molecule has 0 aliphatic heterocycles. The molecule has 0 radical (unpaired) electrons. The summed E-state index contributed by atoms with van der Waals surface area (Å²) >= 11 is 3.50. The maximum Gasteiger partial charge on any atom is 0.163 e. The summed E-state index contributed by atoms with van der Waals surface area (Å²) in [5.41, 5.74) is 2.64. The monoisotopic (exact) mass is 264 g/mol. The standard InChI is InChI=1S/C13H13BrO/c14-9-2-3-10-11(8-9)13(5-1-6-13)7-4-12(10)15/h2-3,8H,1,4-7H2. The molecule has 2 aliphatic rings. The average molecular weight is 265 g/mol. The molecule has 2 heteroatoms. The lowest BCUT2D eigenvalue weighted by Crippen LogP contribution is -2.39. The van der Waals surface area contributed by atoms with Crippen LogP contribution in [-0.4, -0.2) is 5.78 Å². The van der Waals surface area contributed by atoms with E-state index >= 15 is 0 Å². The van der Waals surface area contributed by atoms with E-state index in [1.54, 1.807) is 0 Å². The molecule has 1 saturated carbocycles. The van der Waals surface area contributed by atoms with Gasteiger partial charge in [-0.1, -0.05) is 22.4 Å². The summed E-state index contributed by atoms with van der Waals surface area (Å²) in [5, 5.41) is 0. The first kappa shape index (κ1) is 9.59. The Morgan fingerprint density at radius 2 is 2.00 bits per heavy atom. The predicted molar refractivity (Wildman–Crippen MR) is 63.2 cm³/mol. The minimum absolute atomic E-state index is 0.329. The number of rotatable bonds is 0. The number of hydrogen-bond acceptors (Lipinski definition) is 1. The maximum absolute atomic E-state index is 11.8. The number of Topliss-reactive ketones (excluding diaryl/α,β-unsaturated/α-hetero) is 1. The minimum Gasteiger partial charge on any atom is -0.294 e. The molecule has 78 valence electrons. The Hall–Kier alpha value is -0.630. The summed E-state index contributed by atoms with van der Waals surface area (Å²) < 4.78 is 1.10. The van der Waals surface area contributed by atoms with Crippen LogP contribution in [0.5, 0.6) is 0 Å². The van der Waals surface area contributed by atoms with E-state index in [9.17, 15) is 4.79 Å². The van der Waals surface area contributed by atoms with Gasteiger partial charge in [-0.15, -0.1) is 0 Å². The smallest absolute Gasteiger partial charge is 0.163 e. The van der Waals surface area contributed by atoms with Crippen LogP contribution < -0.4 is 0 Å². The van der Waals surface area contributed by atoms with E-state index in [4.69, 9.17) is 0 Å². The number of fused-ring (bicyclic) bond motifs is 2. The first-order valence-electron chi connectivity index (χ1n) is 5.55. The highest BCUT2D eigenvalue weighted by Crippen LogP contribution is 2.51. The quantitative estimate of drug-likeness (QED) is 0.696. The number of carbonyl (C=O) groups excluding carboxylic acids is 1. The van der Waals surface area contributed by atoms with Gasteiger partial charge in [0.1, 0.15) is 0 Å². The third kappa shape index (κ3) is 1.31. The van der Waals surface area contributed by atoms with Crippen molar-refractivity contribution in [3.05, 3.63) is 33.8 Å². The Labute approximate surface area is 98.0 Å². The topological polar surface area (TPSA) is 17.1 Å². The third-order valence-electron chi connectivity index (χ3n) is 3.99. The maximum atomic E-state index is 11.8. The zero-order chi connectivity index (χ0) is 10.5. The Bertz CT molecular complexity index is 432. The van der Waals surface area contributed by atoms with Crippen LogP contribution >= 0.6 is 15.9 Å². The van der Waals surface area contributed by atoms with Gasteiger partial charge in [0.15, 0.2) is 5.78 Å². The average Bonchev–Trinajstić information content (AvgIpc) is 2.15. The highest BCUT2D eigenvalue weighted by molar-refractivity contribution is 9.10. The fourth-order valence-electron chi connectivity index (χ4n) is 2.94. The number of carbonyl (C=O) groups is 1. The summed E-state index contributed by atoms with van der Waals surface area (Å²) in [5.74, 6) is 0.329. The molecule has 3 rings (SSSR count). The van der Waals surface area contributed by atoms with Crippen molar-refractivity contribution in [3.8, 4) is 0 Å². The lowest BCUT2D eigenvalue weighted by molar-refractivity contribution is 0.0920. The van der Waals surface area contributed by atoms with E-state index in [-0.39, 0.29) is 0 Å². The molecule has 0 atom stereocenters. The van der Waals surface area contributed by atoms with Crippen molar-refractivity contribution in [2.45, 2.75) is 37.5 Å². The SMILES string of the molecule is O=C1CCC2(CCC2)c2cc(Br)ccc21. The molecule has 0 unspecified atom stereocenters. The lowest BCUT2D eigenvalue weighted by atomic mass is 9.58. The Balaban J connectivity index is 2.18. The zero-order valence-corrected chi connectivity index (χ0v) is 10.1. The van der Waals surface area contributed by atoms with Gasteiger partial charge in [0, 0.05) is 16.5 Å². The lowest BCUT2D eigenvalue weighted by Gasteiger charge is -2.46. The van der Waals surface area contributed by atoms with Crippen molar-refractivity contribution >= 4 is 21.7 Å². The third-order valence-corrected chi connectivity index (χ3v) is 4.49. The second kappa shape index (κ2) is 3.18. The first-order valence-corrected chi connectivity index (χ1v) is 6.34. The number of benzene rings is 1. The van der Waals surface area contributed by atoms with E-state index in [1.807, 2.05) is 12.1 Å². The molecule has 1 nitrogen and oxygen atoms in total.